The average molecular weight is 486 g/mol. The molecule has 2 aliphatic heterocycles. The summed E-state index contributed by atoms with van der Waals surface area (Å²) in [4.78, 5) is 27.5. The summed E-state index contributed by atoms with van der Waals surface area (Å²) >= 11 is 0. The van der Waals surface area contributed by atoms with Gasteiger partial charge in [0.25, 0.3) is 0 Å². The summed E-state index contributed by atoms with van der Waals surface area (Å²) < 4.78 is 51.4. The van der Waals surface area contributed by atoms with Crippen molar-refractivity contribution in [3.05, 3.63) is 71.9 Å². The Balaban J connectivity index is 1.24. The number of nitrogens with zero attached hydrogens (tertiary/aromatic N) is 2. The van der Waals surface area contributed by atoms with Gasteiger partial charge in [0.2, 0.25) is 0 Å². The molecule has 6 nitrogen and oxygen atoms in total. The van der Waals surface area contributed by atoms with E-state index in [0.29, 0.717) is 23.7 Å². The fourth-order valence-electron chi connectivity index (χ4n) is 5.26. The number of halogens is 3. The number of carbonyl (C=O) groups is 2. The van der Waals surface area contributed by atoms with Gasteiger partial charge in [-0.05, 0) is 24.5 Å². The van der Waals surface area contributed by atoms with Crippen LogP contribution in [-0.2, 0) is 22.6 Å². The van der Waals surface area contributed by atoms with Crippen LogP contribution in [-0.4, -0.2) is 45.9 Å². The van der Waals surface area contributed by atoms with Crippen LogP contribution in [0.1, 0.15) is 41.6 Å². The van der Waals surface area contributed by atoms with Gasteiger partial charge in [0.05, 0.1) is 5.56 Å². The molecule has 1 aromatic heterocycles. The number of carbonyl (C=O) groups excluding carboxylic acids is 2. The first-order valence-corrected chi connectivity index (χ1v) is 11.6. The van der Waals surface area contributed by atoms with E-state index in [-0.39, 0.29) is 30.3 Å². The molecule has 0 spiro atoms. The number of benzene rings is 2. The van der Waals surface area contributed by atoms with Crippen LogP contribution in [0.15, 0.2) is 60.8 Å². The molecule has 3 atom stereocenters. The third kappa shape index (κ3) is 4.99. The Morgan fingerprint density at radius 3 is 2.29 bits per heavy atom. The maximum absolute atomic E-state index is 13.0. The third-order valence-electron chi connectivity index (χ3n) is 6.74. The van der Waals surface area contributed by atoms with Crippen molar-refractivity contribution in [1.29, 1.82) is 0 Å². The van der Waals surface area contributed by atoms with E-state index in [0.717, 1.165) is 23.0 Å². The minimum Gasteiger partial charge on any atom is -0.459 e. The van der Waals surface area contributed by atoms with Gasteiger partial charge in [-0.25, -0.2) is 9.59 Å². The Bertz CT molecular complexity index is 1210. The standard InChI is InChI=1S/C26H25F3N2O4/c27-26(28,29)16-30-14-22(21-8-4-5-9-23(21)30)24(32)35-20-12-18-10-11-19(13-20)31(18)25(33)34-15-17-6-2-1-3-7-17/h1-9,14,18-20H,10-13,15-16H2/t18-,19+,20?. The lowest BCUT2D eigenvalue weighted by Gasteiger charge is -2.37. The number of ether oxygens (including phenoxy) is 2. The Morgan fingerprint density at radius 2 is 1.60 bits per heavy atom. The predicted molar refractivity (Wildman–Crippen MR) is 122 cm³/mol. The lowest BCUT2D eigenvalue weighted by atomic mass is 10.00. The van der Waals surface area contributed by atoms with Gasteiger partial charge in [-0.2, -0.15) is 13.2 Å². The van der Waals surface area contributed by atoms with Crippen LogP contribution in [0.5, 0.6) is 0 Å². The summed E-state index contributed by atoms with van der Waals surface area (Å²) in [7, 11) is 0. The predicted octanol–water partition coefficient (Wildman–Crippen LogP) is 5.69. The Hall–Kier alpha value is -3.49. The summed E-state index contributed by atoms with van der Waals surface area (Å²) in [5, 5.41) is 0.423. The zero-order valence-corrected chi connectivity index (χ0v) is 18.9. The second-order valence-electron chi connectivity index (χ2n) is 9.13. The second-order valence-corrected chi connectivity index (χ2v) is 9.13. The number of fused-ring (bicyclic) bond motifs is 3. The van der Waals surface area contributed by atoms with Crippen molar-refractivity contribution in [3.63, 3.8) is 0 Å². The number of aromatic nitrogens is 1. The van der Waals surface area contributed by atoms with E-state index in [2.05, 4.69) is 0 Å². The van der Waals surface area contributed by atoms with E-state index < -0.39 is 24.8 Å². The lowest BCUT2D eigenvalue weighted by Crippen LogP contribution is -2.49. The molecule has 2 bridgehead atoms. The zero-order valence-electron chi connectivity index (χ0n) is 18.9. The van der Waals surface area contributed by atoms with Crippen LogP contribution in [0, 0.1) is 0 Å². The van der Waals surface area contributed by atoms with Gasteiger partial charge in [-0.15, -0.1) is 0 Å². The third-order valence-corrected chi connectivity index (χ3v) is 6.74. The summed E-state index contributed by atoms with van der Waals surface area (Å²) in [6.45, 7) is -0.996. The minimum atomic E-state index is -4.41. The first kappa shape index (κ1) is 23.3. The Kier molecular flexibility index (Phi) is 6.17. The molecule has 0 aliphatic carbocycles. The molecule has 2 fully saturated rings. The highest BCUT2D eigenvalue weighted by Gasteiger charge is 2.45. The topological polar surface area (TPSA) is 60.8 Å². The molecule has 0 radical (unpaired) electrons. The van der Waals surface area contributed by atoms with Gasteiger partial charge in [-0.3, -0.25) is 0 Å². The molecule has 2 aromatic carbocycles. The Labute approximate surface area is 200 Å². The molecule has 5 rings (SSSR count). The molecule has 0 N–H and O–H groups in total. The van der Waals surface area contributed by atoms with Crippen molar-refractivity contribution < 1.29 is 32.2 Å². The van der Waals surface area contributed by atoms with E-state index >= 15 is 0 Å². The number of piperidine rings is 1. The first-order valence-electron chi connectivity index (χ1n) is 11.6. The molecule has 2 aliphatic rings. The summed E-state index contributed by atoms with van der Waals surface area (Å²) in [5.41, 5.74) is 1.34. The monoisotopic (exact) mass is 486 g/mol. The number of hydrogen-bond donors (Lipinski definition) is 0. The fraction of sp³-hybridized carbons (Fsp3) is 0.385. The normalized spacial score (nSPS) is 21.8. The van der Waals surface area contributed by atoms with Crippen molar-refractivity contribution in [2.24, 2.45) is 0 Å². The average Bonchev–Trinajstić information content (AvgIpc) is 3.32. The van der Waals surface area contributed by atoms with Gasteiger partial charge < -0.3 is 18.9 Å². The molecule has 184 valence electrons. The van der Waals surface area contributed by atoms with E-state index in [1.54, 1.807) is 29.2 Å². The van der Waals surface area contributed by atoms with Gasteiger partial charge in [0, 0.05) is 42.0 Å². The molecule has 35 heavy (non-hydrogen) atoms. The lowest BCUT2D eigenvalue weighted by molar-refractivity contribution is -0.139. The maximum Gasteiger partial charge on any atom is 0.410 e. The van der Waals surface area contributed by atoms with Gasteiger partial charge in [0.15, 0.2) is 0 Å². The quantitative estimate of drug-likeness (QED) is 0.435. The highest BCUT2D eigenvalue weighted by Crippen LogP contribution is 2.38. The van der Waals surface area contributed by atoms with Crippen molar-refractivity contribution in [2.45, 2.75) is 63.2 Å². The highest BCUT2D eigenvalue weighted by atomic mass is 19.4. The van der Waals surface area contributed by atoms with Crippen molar-refractivity contribution >= 4 is 23.0 Å². The molecule has 9 heteroatoms. The minimum absolute atomic E-state index is 0.0959. The number of alkyl halides is 3. The maximum atomic E-state index is 13.0. The largest absolute Gasteiger partial charge is 0.459 e. The van der Waals surface area contributed by atoms with Crippen LogP contribution in [0.2, 0.25) is 0 Å². The number of para-hydroxylation sites is 1. The van der Waals surface area contributed by atoms with E-state index in [9.17, 15) is 22.8 Å². The van der Waals surface area contributed by atoms with Crippen LogP contribution in [0.4, 0.5) is 18.0 Å². The molecule has 0 saturated carbocycles. The smallest absolute Gasteiger partial charge is 0.410 e. The van der Waals surface area contributed by atoms with Crippen LogP contribution < -0.4 is 0 Å². The number of esters is 1. The van der Waals surface area contributed by atoms with E-state index in [1.165, 1.54) is 6.20 Å². The van der Waals surface area contributed by atoms with Gasteiger partial charge >= 0.3 is 18.2 Å². The van der Waals surface area contributed by atoms with Crippen molar-refractivity contribution in [2.75, 3.05) is 0 Å². The first-order chi connectivity index (χ1) is 16.8. The molecule has 3 aromatic rings. The molecule has 1 unspecified atom stereocenters. The van der Waals surface area contributed by atoms with E-state index in [1.807, 2.05) is 30.3 Å². The van der Waals surface area contributed by atoms with Crippen molar-refractivity contribution in [3.8, 4) is 0 Å². The van der Waals surface area contributed by atoms with Crippen LogP contribution in [0.3, 0.4) is 0 Å². The molecular weight excluding hydrogens is 461 g/mol. The number of amides is 1. The summed E-state index contributed by atoms with van der Waals surface area (Å²) in [6.07, 6.45) is -1.44. The molecule has 3 heterocycles. The number of hydrogen-bond acceptors (Lipinski definition) is 4. The van der Waals surface area contributed by atoms with Crippen molar-refractivity contribution in [1.82, 2.24) is 9.47 Å². The zero-order chi connectivity index (χ0) is 24.6. The second kappa shape index (κ2) is 9.28. The molecule has 1 amide bonds. The Morgan fingerprint density at radius 1 is 0.943 bits per heavy atom. The molecule has 2 saturated heterocycles. The molecular formula is C26H25F3N2O4. The fourth-order valence-corrected chi connectivity index (χ4v) is 5.26. The highest BCUT2D eigenvalue weighted by molar-refractivity contribution is 6.04. The van der Waals surface area contributed by atoms with Crippen LogP contribution in [0.25, 0.3) is 10.9 Å². The van der Waals surface area contributed by atoms with E-state index in [4.69, 9.17) is 9.47 Å². The summed E-state index contributed by atoms with van der Waals surface area (Å²) in [6, 6.07) is 15.7. The number of rotatable bonds is 5. The van der Waals surface area contributed by atoms with Gasteiger partial charge in [-0.1, -0.05) is 48.5 Å². The van der Waals surface area contributed by atoms with Gasteiger partial charge in [0.1, 0.15) is 19.3 Å². The SMILES string of the molecule is O=C(OC1C[C@H]2CC[C@@H](C1)N2C(=O)OCc1ccccc1)c1cn(CC(F)(F)F)c2ccccc12. The van der Waals surface area contributed by atoms with Crippen LogP contribution >= 0.6 is 0 Å². The summed E-state index contributed by atoms with van der Waals surface area (Å²) in [5.74, 6) is -0.647.